The molecule has 0 fully saturated rings. The Hall–Kier alpha value is -1.10. The van der Waals surface area contributed by atoms with Crippen LogP contribution in [0.3, 0.4) is 0 Å². The van der Waals surface area contributed by atoms with E-state index in [1.807, 2.05) is 0 Å². The van der Waals surface area contributed by atoms with E-state index in [1.54, 1.807) is 13.8 Å². The summed E-state index contributed by atoms with van der Waals surface area (Å²) in [6.45, 7) is 6.93. The lowest BCUT2D eigenvalue weighted by atomic mass is 9.93. The van der Waals surface area contributed by atoms with Gasteiger partial charge in [0, 0.05) is 0 Å². The minimum atomic E-state index is -1.09. The highest BCUT2D eigenvalue weighted by Gasteiger charge is 2.32. The van der Waals surface area contributed by atoms with Crippen molar-refractivity contribution in [1.82, 2.24) is 0 Å². The fraction of sp³-hybridized carbons (Fsp3) is 0.818. The van der Waals surface area contributed by atoms with Gasteiger partial charge in [0.25, 0.3) is 0 Å². The van der Waals surface area contributed by atoms with E-state index in [0.717, 1.165) is 0 Å². The van der Waals surface area contributed by atoms with Crippen LogP contribution < -0.4 is 0 Å². The van der Waals surface area contributed by atoms with Crippen molar-refractivity contribution in [2.75, 3.05) is 13.2 Å². The van der Waals surface area contributed by atoms with Crippen molar-refractivity contribution in [3.05, 3.63) is 0 Å². The maximum Gasteiger partial charge on any atom is 0.311 e. The Morgan fingerprint density at radius 2 is 1.31 bits per heavy atom. The summed E-state index contributed by atoms with van der Waals surface area (Å²) in [6, 6.07) is 0. The number of aliphatic hydroxyl groups excluding tert-OH is 1. The zero-order chi connectivity index (χ0) is 12.7. The van der Waals surface area contributed by atoms with Crippen LogP contribution in [0.2, 0.25) is 0 Å². The summed E-state index contributed by atoms with van der Waals surface area (Å²) >= 11 is 0. The number of carbonyl (C=O) groups is 2. The first-order valence-electron chi connectivity index (χ1n) is 5.46. The van der Waals surface area contributed by atoms with Gasteiger partial charge in [-0.2, -0.15) is 0 Å². The molecule has 5 heteroatoms. The van der Waals surface area contributed by atoms with E-state index in [0.29, 0.717) is 0 Å². The molecular formula is C11H20O5. The maximum absolute atomic E-state index is 11.3. The summed E-state index contributed by atoms with van der Waals surface area (Å²) in [6.07, 6.45) is -1.09. The quantitative estimate of drug-likeness (QED) is 0.684. The molecule has 2 atom stereocenters. The van der Waals surface area contributed by atoms with Crippen LogP contribution in [0.4, 0.5) is 0 Å². The van der Waals surface area contributed by atoms with Crippen LogP contribution in [0, 0.1) is 11.8 Å². The van der Waals surface area contributed by atoms with Gasteiger partial charge in [-0.3, -0.25) is 9.59 Å². The van der Waals surface area contributed by atoms with Gasteiger partial charge in [-0.05, 0) is 27.7 Å². The number of aliphatic hydroxyl groups is 1. The largest absolute Gasteiger partial charge is 0.466 e. The monoisotopic (exact) mass is 232 g/mol. The van der Waals surface area contributed by atoms with Gasteiger partial charge in [-0.1, -0.05) is 0 Å². The molecule has 0 aromatic heterocycles. The number of hydrogen-bond donors (Lipinski definition) is 1. The molecule has 5 nitrogen and oxygen atoms in total. The maximum atomic E-state index is 11.3. The molecular weight excluding hydrogens is 212 g/mol. The van der Waals surface area contributed by atoms with E-state index >= 15 is 0 Å². The number of carbonyl (C=O) groups excluding carboxylic acids is 2. The average Bonchev–Trinajstić information content (AvgIpc) is 2.26. The normalized spacial score (nSPS) is 16.1. The van der Waals surface area contributed by atoms with Crippen LogP contribution in [0.5, 0.6) is 0 Å². The molecule has 0 heterocycles. The lowest BCUT2D eigenvalue weighted by Crippen LogP contribution is -2.37. The Morgan fingerprint density at radius 3 is 1.56 bits per heavy atom. The van der Waals surface area contributed by atoms with Crippen LogP contribution in [0.15, 0.2) is 0 Å². The second kappa shape index (κ2) is 7.22. The van der Waals surface area contributed by atoms with E-state index in [4.69, 9.17) is 9.47 Å². The Balaban J connectivity index is 4.36. The number of hydrogen-bond acceptors (Lipinski definition) is 5. The highest BCUT2D eigenvalue weighted by Crippen LogP contribution is 2.16. The molecule has 0 aromatic rings. The molecule has 0 saturated heterocycles. The van der Waals surface area contributed by atoms with Gasteiger partial charge in [0.2, 0.25) is 0 Å². The molecule has 0 rings (SSSR count). The van der Waals surface area contributed by atoms with E-state index in [9.17, 15) is 14.7 Å². The number of ether oxygens (including phenoxy) is 2. The molecule has 0 aliphatic heterocycles. The molecule has 0 bridgehead atoms. The minimum Gasteiger partial charge on any atom is -0.466 e. The van der Waals surface area contributed by atoms with Gasteiger partial charge in [0.1, 0.15) is 0 Å². The van der Waals surface area contributed by atoms with Gasteiger partial charge < -0.3 is 14.6 Å². The van der Waals surface area contributed by atoms with Gasteiger partial charge in [0.15, 0.2) is 0 Å². The smallest absolute Gasteiger partial charge is 0.311 e. The summed E-state index contributed by atoms with van der Waals surface area (Å²) in [7, 11) is 0. The summed E-state index contributed by atoms with van der Waals surface area (Å²) in [4.78, 5) is 22.7. The van der Waals surface area contributed by atoms with Crippen LogP contribution in [0.1, 0.15) is 27.7 Å². The molecule has 1 N–H and O–H groups in total. The van der Waals surface area contributed by atoms with E-state index in [1.165, 1.54) is 13.8 Å². The van der Waals surface area contributed by atoms with Crippen LogP contribution in [0.25, 0.3) is 0 Å². The number of esters is 2. The fourth-order valence-electron chi connectivity index (χ4n) is 1.26. The second-order valence-electron chi connectivity index (χ2n) is 3.57. The molecule has 0 aromatic carbocycles. The molecule has 0 aliphatic carbocycles. The standard InChI is InChI=1S/C11H20O5/c1-5-15-10(13)7(3)9(12)8(4)11(14)16-6-2/h7-9,12H,5-6H2,1-4H3. The van der Waals surface area contributed by atoms with E-state index < -0.39 is 29.9 Å². The van der Waals surface area contributed by atoms with Crippen molar-refractivity contribution < 1.29 is 24.2 Å². The lowest BCUT2D eigenvalue weighted by molar-refractivity contribution is -0.158. The van der Waals surface area contributed by atoms with Crippen molar-refractivity contribution >= 4 is 11.9 Å². The molecule has 0 amide bonds. The Bertz CT molecular complexity index is 215. The van der Waals surface area contributed by atoms with Crippen molar-refractivity contribution in [2.45, 2.75) is 33.8 Å². The molecule has 16 heavy (non-hydrogen) atoms. The van der Waals surface area contributed by atoms with Crippen LogP contribution in [-0.2, 0) is 19.1 Å². The Morgan fingerprint density at radius 1 is 1.00 bits per heavy atom. The molecule has 0 radical (unpaired) electrons. The SMILES string of the molecule is CCOC(=O)C(C)C(O)C(C)C(=O)OCC. The van der Waals surface area contributed by atoms with E-state index in [-0.39, 0.29) is 13.2 Å². The third-order valence-electron chi connectivity index (χ3n) is 2.34. The first-order valence-corrected chi connectivity index (χ1v) is 5.46. The van der Waals surface area contributed by atoms with Crippen molar-refractivity contribution in [2.24, 2.45) is 11.8 Å². The van der Waals surface area contributed by atoms with Gasteiger partial charge in [-0.15, -0.1) is 0 Å². The minimum absolute atomic E-state index is 0.254. The molecule has 0 saturated carbocycles. The number of rotatable bonds is 6. The average molecular weight is 232 g/mol. The van der Waals surface area contributed by atoms with Crippen molar-refractivity contribution in [3.8, 4) is 0 Å². The zero-order valence-corrected chi connectivity index (χ0v) is 10.2. The molecule has 0 aliphatic rings. The summed E-state index contributed by atoms with van der Waals surface area (Å²) < 4.78 is 9.53. The van der Waals surface area contributed by atoms with Crippen molar-refractivity contribution in [3.63, 3.8) is 0 Å². The highest BCUT2D eigenvalue weighted by atomic mass is 16.5. The highest BCUT2D eigenvalue weighted by molar-refractivity contribution is 5.76. The third-order valence-corrected chi connectivity index (χ3v) is 2.34. The van der Waals surface area contributed by atoms with Crippen LogP contribution >= 0.6 is 0 Å². The molecule has 2 unspecified atom stereocenters. The molecule has 0 spiro atoms. The zero-order valence-electron chi connectivity index (χ0n) is 10.2. The predicted molar refractivity (Wildman–Crippen MR) is 57.6 cm³/mol. The Kier molecular flexibility index (Phi) is 6.72. The molecule has 94 valence electrons. The lowest BCUT2D eigenvalue weighted by Gasteiger charge is -2.22. The summed E-state index contributed by atoms with van der Waals surface area (Å²) in [5.74, 6) is -2.49. The topological polar surface area (TPSA) is 72.8 Å². The summed E-state index contributed by atoms with van der Waals surface area (Å²) in [5, 5.41) is 9.78. The first kappa shape index (κ1) is 14.9. The van der Waals surface area contributed by atoms with E-state index in [2.05, 4.69) is 0 Å². The Labute approximate surface area is 95.7 Å². The van der Waals surface area contributed by atoms with Gasteiger partial charge >= 0.3 is 11.9 Å². The predicted octanol–water partition coefficient (Wildman–Crippen LogP) is 0.746. The van der Waals surface area contributed by atoms with Crippen LogP contribution in [-0.4, -0.2) is 36.4 Å². The second-order valence-corrected chi connectivity index (χ2v) is 3.57. The van der Waals surface area contributed by atoms with Gasteiger partial charge in [0.05, 0.1) is 31.2 Å². The fourth-order valence-corrected chi connectivity index (χ4v) is 1.26. The third kappa shape index (κ3) is 4.18. The first-order chi connectivity index (χ1) is 7.45. The van der Waals surface area contributed by atoms with Gasteiger partial charge in [-0.25, -0.2) is 0 Å². The summed E-state index contributed by atoms with van der Waals surface area (Å²) in [5.41, 5.74) is 0. The van der Waals surface area contributed by atoms with Crippen molar-refractivity contribution in [1.29, 1.82) is 0 Å².